The van der Waals surface area contributed by atoms with Gasteiger partial charge in [0.15, 0.2) is 0 Å². The van der Waals surface area contributed by atoms with Crippen LogP contribution in [0.25, 0.3) is 0 Å². The highest BCUT2D eigenvalue weighted by Gasteiger charge is 2.45. The molecule has 0 unspecified atom stereocenters. The van der Waals surface area contributed by atoms with Crippen molar-refractivity contribution in [3.05, 3.63) is 0 Å². The zero-order valence-electron chi connectivity index (χ0n) is 7.30. The van der Waals surface area contributed by atoms with Gasteiger partial charge >= 0.3 is 11.5 Å². The molecule has 0 aromatic heterocycles. The summed E-state index contributed by atoms with van der Waals surface area (Å²) in [5, 5.41) is 0. The highest BCUT2D eigenvalue weighted by atomic mass is 32.2. The number of halogens is 3. The molecule has 0 saturated carbocycles. The predicted octanol–water partition coefficient (Wildman–Crippen LogP) is 0.874. The van der Waals surface area contributed by atoms with Crippen LogP contribution in [0.3, 0.4) is 0 Å². The van der Waals surface area contributed by atoms with Gasteiger partial charge in [0.1, 0.15) is 6.61 Å². The third-order valence-corrected chi connectivity index (χ3v) is 2.67. The van der Waals surface area contributed by atoms with Crippen LogP contribution in [0.2, 0.25) is 0 Å². The summed E-state index contributed by atoms with van der Waals surface area (Å²) in [6.45, 7) is 0.676. The molecule has 0 spiro atoms. The van der Waals surface area contributed by atoms with Crippen LogP contribution in [0.4, 0.5) is 13.2 Å². The third-order valence-electron chi connectivity index (χ3n) is 1.26. The van der Waals surface area contributed by atoms with Gasteiger partial charge in [-0.3, -0.25) is 4.79 Å². The van der Waals surface area contributed by atoms with Gasteiger partial charge in [0.2, 0.25) is 0 Å². The van der Waals surface area contributed by atoms with Gasteiger partial charge in [0, 0.05) is 6.42 Å². The van der Waals surface area contributed by atoms with Crippen LogP contribution >= 0.6 is 0 Å². The molecular weight excluding hydrogens is 225 g/mol. The normalized spacial score (nSPS) is 12.6. The van der Waals surface area contributed by atoms with E-state index >= 15 is 0 Å². The number of hydrogen-bond donors (Lipinski definition) is 0. The summed E-state index contributed by atoms with van der Waals surface area (Å²) in [5.41, 5.74) is -5.29. The van der Waals surface area contributed by atoms with E-state index in [1.54, 1.807) is 0 Å². The predicted molar refractivity (Wildman–Crippen MR) is 41.1 cm³/mol. The Labute approximate surface area is 79.0 Å². The van der Waals surface area contributed by atoms with Crippen molar-refractivity contribution in [3.63, 3.8) is 0 Å². The maximum atomic E-state index is 11.7. The van der Waals surface area contributed by atoms with Gasteiger partial charge < -0.3 is 4.74 Å². The molecule has 0 aromatic carbocycles. The molecule has 0 rings (SSSR count). The van der Waals surface area contributed by atoms with Crippen LogP contribution in [-0.2, 0) is 19.4 Å². The van der Waals surface area contributed by atoms with Crippen LogP contribution in [0.1, 0.15) is 13.3 Å². The maximum absolute atomic E-state index is 11.7. The average Bonchev–Trinajstić information content (AvgIpc) is 2.01. The summed E-state index contributed by atoms with van der Waals surface area (Å²) in [5.74, 6) is -1.97. The lowest BCUT2D eigenvalue weighted by molar-refractivity contribution is -0.142. The Kier molecular flexibility index (Phi) is 4.37. The first kappa shape index (κ1) is 13.2. The highest BCUT2D eigenvalue weighted by molar-refractivity contribution is 7.92. The van der Waals surface area contributed by atoms with Gasteiger partial charge in [-0.1, -0.05) is 6.92 Å². The second-order valence-corrected chi connectivity index (χ2v) is 4.44. The van der Waals surface area contributed by atoms with Gasteiger partial charge in [0.25, 0.3) is 9.84 Å². The van der Waals surface area contributed by atoms with Crippen molar-refractivity contribution in [1.82, 2.24) is 0 Å². The van der Waals surface area contributed by atoms with Crippen molar-refractivity contribution < 1.29 is 31.1 Å². The number of esters is 1. The summed E-state index contributed by atoms with van der Waals surface area (Å²) < 4.78 is 60.1. The van der Waals surface area contributed by atoms with E-state index in [1.807, 2.05) is 0 Å². The zero-order valence-corrected chi connectivity index (χ0v) is 8.11. The summed E-state index contributed by atoms with van der Waals surface area (Å²) in [6.07, 6.45) is -0.00787. The Balaban J connectivity index is 4.10. The van der Waals surface area contributed by atoms with Crippen molar-refractivity contribution in [1.29, 1.82) is 0 Å². The van der Waals surface area contributed by atoms with Crippen molar-refractivity contribution >= 4 is 15.8 Å². The molecule has 0 saturated heterocycles. The molecular formula is C6H9F3O4S. The van der Waals surface area contributed by atoms with E-state index in [0.29, 0.717) is 0 Å². The van der Waals surface area contributed by atoms with Gasteiger partial charge in [-0.15, -0.1) is 0 Å². The quantitative estimate of drug-likeness (QED) is 0.677. The van der Waals surface area contributed by atoms with E-state index in [-0.39, 0.29) is 6.42 Å². The van der Waals surface area contributed by atoms with Crippen LogP contribution in [0, 0.1) is 0 Å². The lowest BCUT2D eigenvalue weighted by Crippen LogP contribution is -2.28. The van der Waals surface area contributed by atoms with Gasteiger partial charge in [-0.05, 0) is 0 Å². The average molecular weight is 234 g/mol. The van der Waals surface area contributed by atoms with Gasteiger partial charge in [-0.25, -0.2) is 8.42 Å². The van der Waals surface area contributed by atoms with Crippen molar-refractivity contribution in [2.24, 2.45) is 0 Å². The third kappa shape index (κ3) is 3.95. The molecule has 0 bridgehead atoms. The highest BCUT2D eigenvalue weighted by Crippen LogP contribution is 2.23. The molecule has 0 aliphatic carbocycles. The van der Waals surface area contributed by atoms with Crippen molar-refractivity contribution in [2.45, 2.75) is 18.9 Å². The molecule has 0 fully saturated rings. The van der Waals surface area contributed by atoms with E-state index in [4.69, 9.17) is 0 Å². The Bertz CT molecular complexity index is 293. The van der Waals surface area contributed by atoms with E-state index in [2.05, 4.69) is 4.74 Å². The Hall–Kier alpha value is -0.790. The lowest BCUT2D eigenvalue weighted by Gasteiger charge is -2.07. The second-order valence-electron chi connectivity index (χ2n) is 2.34. The molecule has 0 radical (unpaired) electrons. The molecule has 0 aliphatic rings. The number of ether oxygens (including phenoxy) is 1. The Morgan fingerprint density at radius 3 is 2.21 bits per heavy atom. The van der Waals surface area contributed by atoms with E-state index in [0.717, 1.165) is 0 Å². The molecule has 0 amide bonds. The largest absolute Gasteiger partial charge is 0.497 e. The molecule has 0 N–H and O–H groups in total. The molecule has 0 aromatic rings. The molecule has 4 nitrogen and oxygen atoms in total. The van der Waals surface area contributed by atoms with Gasteiger partial charge in [-0.2, -0.15) is 13.2 Å². The number of hydrogen-bond acceptors (Lipinski definition) is 4. The minimum atomic E-state index is -5.29. The van der Waals surface area contributed by atoms with E-state index in [1.165, 1.54) is 6.92 Å². The van der Waals surface area contributed by atoms with Gasteiger partial charge in [0.05, 0.1) is 5.75 Å². The zero-order chi connectivity index (χ0) is 11.4. The molecule has 8 heteroatoms. The smallest absolute Gasteiger partial charge is 0.465 e. The number of sulfone groups is 1. The topological polar surface area (TPSA) is 60.4 Å². The van der Waals surface area contributed by atoms with Crippen molar-refractivity contribution in [3.8, 4) is 0 Å². The SMILES string of the molecule is CCC(=O)OCCS(=O)(=O)C(F)(F)F. The Morgan fingerprint density at radius 2 is 1.86 bits per heavy atom. The first-order chi connectivity index (χ1) is 6.20. The molecule has 14 heavy (non-hydrogen) atoms. The van der Waals surface area contributed by atoms with Crippen LogP contribution < -0.4 is 0 Å². The fourth-order valence-electron chi connectivity index (χ4n) is 0.483. The molecule has 0 aliphatic heterocycles. The van der Waals surface area contributed by atoms with E-state index < -0.39 is 33.7 Å². The summed E-state index contributed by atoms with van der Waals surface area (Å²) >= 11 is 0. The van der Waals surface area contributed by atoms with Crippen LogP contribution in [0.5, 0.6) is 0 Å². The fraction of sp³-hybridized carbons (Fsp3) is 0.833. The molecule has 84 valence electrons. The minimum Gasteiger partial charge on any atom is -0.465 e. The first-order valence-corrected chi connectivity index (χ1v) is 5.30. The van der Waals surface area contributed by atoms with Crippen LogP contribution in [0.15, 0.2) is 0 Å². The first-order valence-electron chi connectivity index (χ1n) is 3.65. The van der Waals surface area contributed by atoms with Crippen molar-refractivity contribution in [2.75, 3.05) is 12.4 Å². The fourth-order valence-corrected chi connectivity index (χ4v) is 1.02. The summed E-state index contributed by atoms with van der Waals surface area (Å²) in [4.78, 5) is 10.4. The number of rotatable bonds is 4. The van der Waals surface area contributed by atoms with Crippen LogP contribution in [-0.4, -0.2) is 32.3 Å². The lowest BCUT2D eigenvalue weighted by atomic mass is 10.5. The maximum Gasteiger partial charge on any atom is 0.497 e. The minimum absolute atomic E-state index is 0.00787. The molecule has 0 heterocycles. The summed E-state index contributed by atoms with van der Waals surface area (Å²) in [6, 6.07) is 0. The Morgan fingerprint density at radius 1 is 1.36 bits per heavy atom. The monoisotopic (exact) mass is 234 g/mol. The molecule has 0 atom stereocenters. The summed E-state index contributed by atoms with van der Waals surface area (Å²) in [7, 11) is -5.18. The number of carbonyl (C=O) groups excluding carboxylic acids is 1. The van der Waals surface area contributed by atoms with E-state index in [9.17, 15) is 26.4 Å². The number of alkyl halides is 3. The second kappa shape index (κ2) is 4.63. The number of carbonyl (C=O) groups is 1. The standard InChI is InChI=1S/C6H9F3O4S/c1-2-5(10)13-3-4-14(11,12)6(7,8)9/h2-4H2,1H3.